The Hall–Kier alpha value is -2.94. The van der Waals surface area contributed by atoms with Gasteiger partial charge in [-0.3, -0.25) is 9.48 Å². The van der Waals surface area contributed by atoms with Gasteiger partial charge in [0.25, 0.3) is 5.91 Å². The van der Waals surface area contributed by atoms with Crippen LogP contribution < -0.4 is 9.47 Å². The topological polar surface area (TPSA) is 82.4 Å². The lowest BCUT2D eigenvalue weighted by Gasteiger charge is -2.32. The van der Waals surface area contributed by atoms with E-state index in [1.54, 1.807) is 36.1 Å². The molecule has 3 heterocycles. The third-order valence-electron chi connectivity index (χ3n) is 5.02. The lowest BCUT2D eigenvalue weighted by molar-refractivity contribution is 0.0506. The Morgan fingerprint density at radius 1 is 1.23 bits per heavy atom. The molecule has 1 aliphatic rings. The maximum absolute atomic E-state index is 13.2. The molecule has 1 aromatic carbocycles. The lowest BCUT2D eigenvalue weighted by atomic mass is 10.1. The number of rotatable bonds is 5. The van der Waals surface area contributed by atoms with E-state index >= 15 is 0 Å². The zero-order valence-corrected chi connectivity index (χ0v) is 18.4. The average Bonchev–Trinajstić information content (AvgIpc) is 3.16. The molecule has 1 fully saturated rings. The van der Waals surface area contributed by atoms with Crippen LogP contribution in [0.3, 0.4) is 0 Å². The number of piperidine rings is 1. The van der Waals surface area contributed by atoms with Gasteiger partial charge in [0.05, 0.1) is 23.8 Å². The number of aromatic nitrogens is 4. The van der Waals surface area contributed by atoms with E-state index in [-0.39, 0.29) is 12.0 Å². The Kier molecular flexibility index (Phi) is 5.98. The van der Waals surface area contributed by atoms with Crippen molar-refractivity contribution >= 4 is 21.8 Å². The minimum atomic E-state index is -0.147. The molecule has 9 heteroatoms. The van der Waals surface area contributed by atoms with E-state index in [0.29, 0.717) is 30.5 Å². The van der Waals surface area contributed by atoms with Gasteiger partial charge in [-0.1, -0.05) is 12.1 Å². The second kappa shape index (κ2) is 8.83. The van der Waals surface area contributed by atoms with Gasteiger partial charge in [0.1, 0.15) is 17.5 Å². The molecule has 30 heavy (non-hydrogen) atoms. The number of benzene rings is 1. The van der Waals surface area contributed by atoms with Crippen molar-refractivity contribution < 1.29 is 14.3 Å². The van der Waals surface area contributed by atoms with E-state index in [4.69, 9.17) is 9.47 Å². The predicted octanol–water partition coefficient (Wildman–Crippen LogP) is 3.33. The molecule has 1 unspecified atom stereocenters. The van der Waals surface area contributed by atoms with Crippen LogP contribution in [0.1, 0.15) is 23.3 Å². The number of ether oxygens (including phenoxy) is 2. The minimum Gasteiger partial charge on any atom is -0.496 e. The molecule has 8 nitrogen and oxygen atoms in total. The number of methoxy groups -OCH3 is 1. The van der Waals surface area contributed by atoms with Gasteiger partial charge in [-0.15, -0.1) is 0 Å². The number of aryl methyl sites for hydroxylation is 1. The SMILES string of the molecule is COc1ccccc1-c1cc(C(=O)N2CCCC(Oc3ncc(Br)cn3)C2)n(C)n1. The molecule has 0 radical (unpaired) electrons. The summed E-state index contributed by atoms with van der Waals surface area (Å²) in [6.07, 6.45) is 4.84. The zero-order chi connectivity index (χ0) is 21.1. The Labute approximate surface area is 183 Å². The molecule has 1 saturated heterocycles. The van der Waals surface area contributed by atoms with E-state index in [1.165, 1.54) is 0 Å². The van der Waals surface area contributed by atoms with E-state index in [2.05, 4.69) is 31.0 Å². The highest BCUT2D eigenvalue weighted by molar-refractivity contribution is 9.10. The number of para-hydroxylation sites is 1. The van der Waals surface area contributed by atoms with Crippen LogP contribution in [0.5, 0.6) is 11.8 Å². The van der Waals surface area contributed by atoms with Crippen molar-refractivity contribution in [3.8, 4) is 23.0 Å². The largest absolute Gasteiger partial charge is 0.496 e. The number of likely N-dealkylation sites (tertiary alicyclic amines) is 1. The first-order valence-corrected chi connectivity index (χ1v) is 10.5. The third kappa shape index (κ3) is 4.30. The fourth-order valence-corrected chi connectivity index (χ4v) is 3.75. The molecule has 1 amide bonds. The van der Waals surface area contributed by atoms with Crippen LogP contribution in [0.2, 0.25) is 0 Å². The van der Waals surface area contributed by atoms with Gasteiger partial charge < -0.3 is 14.4 Å². The number of carbonyl (C=O) groups is 1. The van der Waals surface area contributed by atoms with Gasteiger partial charge in [0, 0.05) is 31.5 Å². The average molecular weight is 472 g/mol. The summed E-state index contributed by atoms with van der Waals surface area (Å²) in [5.41, 5.74) is 2.07. The Bertz CT molecular complexity index is 1040. The molecule has 4 rings (SSSR count). The van der Waals surface area contributed by atoms with E-state index in [0.717, 1.165) is 28.6 Å². The molecular weight excluding hydrogens is 450 g/mol. The highest BCUT2D eigenvalue weighted by Gasteiger charge is 2.28. The van der Waals surface area contributed by atoms with Crippen molar-refractivity contribution in [1.82, 2.24) is 24.6 Å². The summed E-state index contributed by atoms with van der Waals surface area (Å²) in [5, 5.41) is 4.53. The van der Waals surface area contributed by atoms with Gasteiger partial charge in [-0.05, 0) is 47.0 Å². The van der Waals surface area contributed by atoms with Crippen molar-refractivity contribution in [2.24, 2.45) is 7.05 Å². The monoisotopic (exact) mass is 471 g/mol. The lowest BCUT2D eigenvalue weighted by Crippen LogP contribution is -2.45. The summed E-state index contributed by atoms with van der Waals surface area (Å²) >= 11 is 3.31. The maximum Gasteiger partial charge on any atom is 0.316 e. The normalized spacial score (nSPS) is 16.4. The molecule has 0 aliphatic carbocycles. The maximum atomic E-state index is 13.2. The van der Waals surface area contributed by atoms with Crippen LogP contribution in [0.15, 0.2) is 47.2 Å². The molecule has 0 saturated carbocycles. The van der Waals surface area contributed by atoms with Gasteiger partial charge in [0.2, 0.25) is 0 Å². The number of carbonyl (C=O) groups excluding carboxylic acids is 1. The van der Waals surface area contributed by atoms with Crippen molar-refractivity contribution in [2.75, 3.05) is 20.2 Å². The molecule has 0 N–H and O–H groups in total. The standard InChI is InChI=1S/C21H22BrN5O3/c1-26-18(10-17(25-26)16-7-3-4-8-19(16)29-2)20(28)27-9-5-6-15(13-27)30-21-23-11-14(22)12-24-21/h3-4,7-8,10-12,15H,5-6,9,13H2,1-2H3. The van der Waals surface area contributed by atoms with E-state index in [1.807, 2.05) is 30.3 Å². The fraction of sp³-hybridized carbons (Fsp3) is 0.333. The summed E-state index contributed by atoms with van der Waals surface area (Å²) in [6, 6.07) is 9.75. The van der Waals surface area contributed by atoms with E-state index in [9.17, 15) is 4.79 Å². The number of hydrogen-bond donors (Lipinski definition) is 0. The molecule has 2 aromatic heterocycles. The van der Waals surface area contributed by atoms with Crippen LogP contribution in [0, 0.1) is 0 Å². The minimum absolute atomic E-state index is 0.0730. The van der Waals surface area contributed by atoms with Crippen molar-refractivity contribution in [2.45, 2.75) is 18.9 Å². The smallest absolute Gasteiger partial charge is 0.316 e. The summed E-state index contributed by atoms with van der Waals surface area (Å²) < 4.78 is 13.7. The predicted molar refractivity (Wildman–Crippen MR) is 114 cm³/mol. The Balaban J connectivity index is 1.50. The van der Waals surface area contributed by atoms with Crippen molar-refractivity contribution in [3.05, 3.63) is 52.9 Å². The first-order chi connectivity index (χ1) is 14.5. The fourth-order valence-electron chi connectivity index (χ4n) is 3.55. The highest BCUT2D eigenvalue weighted by Crippen LogP contribution is 2.29. The summed E-state index contributed by atoms with van der Waals surface area (Å²) in [5.74, 6) is 0.645. The Morgan fingerprint density at radius 3 is 2.77 bits per heavy atom. The molecular formula is C21H22BrN5O3. The molecule has 0 spiro atoms. The van der Waals surface area contributed by atoms with E-state index < -0.39 is 0 Å². The first-order valence-electron chi connectivity index (χ1n) is 9.66. The number of halogens is 1. The highest BCUT2D eigenvalue weighted by atomic mass is 79.9. The molecule has 0 bridgehead atoms. The van der Waals surface area contributed by atoms with Crippen LogP contribution >= 0.6 is 15.9 Å². The van der Waals surface area contributed by atoms with Gasteiger partial charge >= 0.3 is 6.01 Å². The number of amides is 1. The second-order valence-corrected chi connectivity index (χ2v) is 7.97. The zero-order valence-electron chi connectivity index (χ0n) is 16.8. The molecule has 156 valence electrons. The number of hydrogen-bond acceptors (Lipinski definition) is 6. The Morgan fingerprint density at radius 2 is 2.00 bits per heavy atom. The van der Waals surface area contributed by atoms with Crippen molar-refractivity contribution in [1.29, 1.82) is 0 Å². The molecule has 3 aromatic rings. The quantitative estimate of drug-likeness (QED) is 0.567. The van der Waals surface area contributed by atoms with Crippen LogP contribution in [0.25, 0.3) is 11.3 Å². The van der Waals surface area contributed by atoms with Gasteiger partial charge in [0.15, 0.2) is 0 Å². The van der Waals surface area contributed by atoms with Crippen LogP contribution in [-0.2, 0) is 7.05 Å². The van der Waals surface area contributed by atoms with Crippen LogP contribution in [0.4, 0.5) is 0 Å². The van der Waals surface area contributed by atoms with Gasteiger partial charge in [-0.25, -0.2) is 9.97 Å². The van der Waals surface area contributed by atoms with Crippen LogP contribution in [-0.4, -0.2) is 56.9 Å². The third-order valence-corrected chi connectivity index (χ3v) is 5.43. The van der Waals surface area contributed by atoms with Gasteiger partial charge in [-0.2, -0.15) is 5.10 Å². The molecule has 1 atom stereocenters. The van der Waals surface area contributed by atoms with Crippen molar-refractivity contribution in [3.63, 3.8) is 0 Å². The summed E-state index contributed by atoms with van der Waals surface area (Å²) in [4.78, 5) is 23.3. The summed E-state index contributed by atoms with van der Waals surface area (Å²) in [7, 11) is 3.40. The summed E-state index contributed by atoms with van der Waals surface area (Å²) in [6.45, 7) is 1.16. The molecule has 1 aliphatic heterocycles. The second-order valence-electron chi connectivity index (χ2n) is 7.06. The number of nitrogens with zero attached hydrogens (tertiary/aromatic N) is 5. The first kappa shape index (κ1) is 20.3.